The highest BCUT2D eigenvalue weighted by Gasteiger charge is 2.11. The number of allylic oxidation sites excluding steroid dienone is 1. The Hall–Kier alpha value is -4.45. The molecule has 0 aliphatic carbocycles. The molecule has 184 valence electrons. The molecule has 0 fully saturated rings. The molecule has 4 rings (SSSR count). The lowest BCUT2D eigenvalue weighted by molar-refractivity contribution is 0.104. The smallest absolute Gasteiger partial charge is 0.189 e. The first-order valence-electron chi connectivity index (χ1n) is 11.6. The average Bonchev–Trinajstić information content (AvgIpc) is 3.23. The predicted molar refractivity (Wildman–Crippen MR) is 146 cm³/mol. The summed E-state index contributed by atoms with van der Waals surface area (Å²) in [7, 11) is 6.82. The molecule has 1 N–H and O–H groups in total. The molecule has 0 aliphatic heterocycles. The van der Waals surface area contributed by atoms with E-state index in [9.17, 15) is 4.79 Å². The number of fused-ring (bicyclic) bond motifs is 1. The van der Waals surface area contributed by atoms with Gasteiger partial charge in [-0.15, -0.1) is 0 Å². The second-order valence-electron chi connectivity index (χ2n) is 8.38. The van der Waals surface area contributed by atoms with Crippen molar-refractivity contribution in [1.29, 1.82) is 0 Å². The van der Waals surface area contributed by atoms with Crippen molar-refractivity contribution in [3.63, 3.8) is 0 Å². The molecule has 0 amide bonds. The number of benzene rings is 3. The minimum atomic E-state index is -0.0712. The molecule has 6 nitrogen and oxygen atoms in total. The van der Waals surface area contributed by atoms with Crippen molar-refractivity contribution in [2.45, 2.75) is 6.92 Å². The zero-order chi connectivity index (χ0) is 25.7. The maximum Gasteiger partial charge on any atom is 0.189 e. The molecular weight excluding hydrogens is 452 g/mol. The highest BCUT2D eigenvalue weighted by Crippen LogP contribution is 2.33. The first-order chi connectivity index (χ1) is 17.4. The van der Waals surface area contributed by atoms with Gasteiger partial charge in [0.15, 0.2) is 17.3 Å². The maximum atomic E-state index is 12.9. The summed E-state index contributed by atoms with van der Waals surface area (Å²) in [5, 5.41) is 4.13. The molecule has 0 saturated heterocycles. The predicted octanol–water partition coefficient (Wildman–Crippen LogP) is 6.49. The Labute approximate surface area is 211 Å². The summed E-state index contributed by atoms with van der Waals surface area (Å²) in [6, 6.07) is 17.7. The van der Waals surface area contributed by atoms with Crippen LogP contribution in [0.5, 0.6) is 17.2 Å². The van der Waals surface area contributed by atoms with Crippen LogP contribution in [0.3, 0.4) is 0 Å². The number of aryl methyl sites for hydroxylation is 2. The Morgan fingerprint density at radius 1 is 0.889 bits per heavy atom. The summed E-state index contributed by atoms with van der Waals surface area (Å²) in [5.41, 5.74) is 5.41. The van der Waals surface area contributed by atoms with Crippen molar-refractivity contribution >= 4 is 34.5 Å². The molecular formula is C30H30N2O4. The standard InChI is InChI=1S/C30H30N2O4/c1-20-16-22(18-29(35-4)30(20)36-5)11-10-21-12-13-28(34-3)25(17-21)31-15-14-27(33)24-19-32(2)26-9-7-6-8-23(24)26/h6-19,31H,1-5H3/b11-10-,15-14-. The van der Waals surface area contributed by atoms with Crippen LogP contribution in [-0.4, -0.2) is 31.7 Å². The van der Waals surface area contributed by atoms with Crippen LogP contribution in [-0.2, 0) is 7.05 Å². The lowest BCUT2D eigenvalue weighted by Crippen LogP contribution is -1.97. The lowest BCUT2D eigenvalue weighted by Gasteiger charge is -2.11. The van der Waals surface area contributed by atoms with Gasteiger partial charge in [-0.3, -0.25) is 4.79 Å². The summed E-state index contributed by atoms with van der Waals surface area (Å²) < 4.78 is 18.3. The number of para-hydroxylation sites is 1. The maximum absolute atomic E-state index is 12.9. The van der Waals surface area contributed by atoms with E-state index in [2.05, 4.69) is 5.32 Å². The molecule has 3 aromatic carbocycles. The van der Waals surface area contributed by atoms with Crippen LogP contribution in [0.25, 0.3) is 23.1 Å². The van der Waals surface area contributed by atoms with E-state index in [0.717, 1.165) is 39.0 Å². The Kier molecular flexibility index (Phi) is 7.44. The van der Waals surface area contributed by atoms with Gasteiger partial charge in [-0.25, -0.2) is 0 Å². The van der Waals surface area contributed by atoms with Crippen LogP contribution in [0.4, 0.5) is 5.69 Å². The van der Waals surface area contributed by atoms with Gasteiger partial charge < -0.3 is 24.1 Å². The Bertz CT molecular complexity index is 1460. The fourth-order valence-corrected chi connectivity index (χ4v) is 4.25. The molecule has 1 heterocycles. The first-order valence-corrected chi connectivity index (χ1v) is 11.6. The van der Waals surface area contributed by atoms with E-state index in [-0.39, 0.29) is 5.78 Å². The second kappa shape index (κ2) is 10.9. The topological polar surface area (TPSA) is 61.7 Å². The summed E-state index contributed by atoms with van der Waals surface area (Å²) >= 11 is 0. The van der Waals surface area contributed by atoms with Gasteiger partial charge in [0.05, 0.1) is 27.0 Å². The first kappa shape index (κ1) is 24.7. The van der Waals surface area contributed by atoms with Crippen LogP contribution in [0.15, 0.2) is 73.1 Å². The van der Waals surface area contributed by atoms with Gasteiger partial charge in [-0.2, -0.15) is 0 Å². The molecule has 0 unspecified atom stereocenters. The number of rotatable bonds is 9. The van der Waals surface area contributed by atoms with Gasteiger partial charge >= 0.3 is 0 Å². The van der Waals surface area contributed by atoms with Crippen LogP contribution in [0.2, 0.25) is 0 Å². The van der Waals surface area contributed by atoms with Gasteiger partial charge in [-0.05, 0) is 53.9 Å². The SMILES string of the molecule is COc1ccc(/C=C\c2cc(C)c(OC)c(OC)c2)cc1N/C=C\C(=O)c1cn(C)c2ccccc12. The number of carbonyl (C=O) groups is 1. The lowest BCUT2D eigenvalue weighted by atomic mass is 10.1. The number of hydrogen-bond donors (Lipinski definition) is 1. The molecule has 0 radical (unpaired) electrons. The summed E-state index contributed by atoms with van der Waals surface area (Å²) in [5.74, 6) is 2.03. The Morgan fingerprint density at radius 2 is 1.64 bits per heavy atom. The summed E-state index contributed by atoms with van der Waals surface area (Å²) in [6.07, 6.45) is 9.07. The van der Waals surface area contributed by atoms with E-state index in [4.69, 9.17) is 14.2 Å². The largest absolute Gasteiger partial charge is 0.495 e. The molecule has 1 aromatic heterocycles. The number of ether oxygens (including phenoxy) is 3. The van der Waals surface area contributed by atoms with Crippen molar-refractivity contribution in [2.24, 2.45) is 7.05 Å². The van der Waals surface area contributed by atoms with Crippen LogP contribution in [0, 0.1) is 6.92 Å². The van der Waals surface area contributed by atoms with Gasteiger partial charge in [0, 0.05) is 42.0 Å². The van der Waals surface area contributed by atoms with E-state index >= 15 is 0 Å². The van der Waals surface area contributed by atoms with Crippen LogP contribution in [0.1, 0.15) is 27.0 Å². The average molecular weight is 483 g/mol. The molecule has 0 atom stereocenters. The molecule has 0 spiro atoms. The van der Waals surface area contributed by atoms with Gasteiger partial charge in [0.2, 0.25) is 0 Å². The second-order valence-corrected chi connectivity index (χ2v) is 8.38. The molecule has 0 aliphatic rings. The van der Waals surface area contributed by atoms with Crippen molar-refractivity contribution in [3.8, 4) is 17.2 Å². The Morgan fingerprint density at radius 3 is 2.39 bits per heavy atom. The third-order valence-electron chi connectivity index (χ3n) is 6.01. The third-order valence-corrected chi connectivity index (χ3v) is 6.01. The van der Waals surface area contributed by atoms with Crippen molar-refractivity contribution in [3.05, 3.63) is 95.3 Å². The van der Waals surface area contributed by atoms with Crippen molar-refractivity contribution in [2.75, 3.05) is 26.6 Å². The summed E-state index contributed by atoms with van der Waals surface area (Å²) in [6.45, 7) is 1.99. The van der Waals surface area contributed by atoms with Crippen LogP contribution >= 0.6 is 0 Å². The Balaban J connectivity index is 1.53. The van der Waals surface area contributed by atoms with Crippen molar-refractivity contribution in [1.82, 2.24) is 4.57 Å². The number of hydrogen-bond acceptors (Lipinski definition) is 5. The number of anilines is 1. The van der Waals surface area contributed by atoms with E-state index in [0.29, 0.717) is 17.1 Å². The molecule has 0 saturated carbocycles. The van der Waals surface area contributed by atoms with E-state index < -0.39 is 0 Å². The molecule has 6 heteroatoms. The number of aromatic nitrogens is 1. The number of nitrogens with zero attached hydrogens (tertiary/aromatic N) is 1. The van der Waals surface area contributed by atoms with Crippen LogP contribution < -0.4 is 19.5 Å². The number of carbonyl (C=O) groups excluding carboxylic acids is 1. The number of ketones is 1. The van der Waals surface area contributed by atoms with E-state index in [1.807, 2.05) is 91.5 Å². The zero-order valence-electron chi connectivity index (χ0n) is 21.2. The van der Waals surface area contributed by atoms with Gasteiger partial charge in [0.1, 0.15) is 5.75 Å². The monoisotopic (exact) mass is 482 g/mol. The molecule has 0 bridgehead atoms. The van der Waals surface area contributed by atoms with Gasteiger partial charge in [-0.1, -0.05) is 36.4 Å². The highest BCUT2D eigenvalue weighted by atomic mass is 16.5. The highest BCUT2D eigenvalue weighted by molar-refractivity contribution is 6.13. The fourth-order valence-electron chi connectivity index (χ4n) is 4.25. The normalized spacial score (nSPS) is 11.4. The molecule has 36 heavy (non-hydrogen) atoms. The quantitative estimate of drug-likeness (QED) is 0.168. The minimum Gasteiger partial charge on any atom is -0.495 e. The molecule has 4 aromatic rings. The third kappa shape index (κ3) is 5.13. The minimum absolute atomic E-state index is 0.0712. The van der Waals surface area contributed by atoms with Crippen molar-refractivity contribution < 1.29 is 19.0 Å². The van der Waals surface area contributed by atoms with E-state index in [1.54, 1.807) is 27.5 Å². The zero-order valence-corrected chi connectivity index (χ0v) is 21.2. The fraction of sp³-hybridized carbons (Fsp3) is 0.167. The number of methoxy groups -OCH3 is 3. The van der Waals surface area contributed by atoms with Gasteiger partial charge in [0.25, 0.3) is 0 Å². The number of nitrogens with one attached hydrogen (secondary N) is 1. The summed E-state index contributed by atoms with van der Waals surface area (Å²) in [4.78, 5) is 12.9. The van der Waals surface area contributed by atoms with E-state index in [1.165, 1.54) is 6.08 Å².